The molecule has 0 amide bonds. The Kier molecular flexibility index (Phi) is 2.04. The zero-order valence-electron chi connectivity index (χ0n) is 9.07. The second kappa shape index (κ2) is 3.32. The van der Waals surface area contributed by atoms with Crippen LogP contribution in [0.4, 0.5) is 0 Å². The minimum Gasteiger partial charge on any atom is -0.480 e. The highest BCUT2D eigenvalue weighted by Gasteiger charge is 2.45. The molecule has 84 valence electrons. The van der Waals surface area contributed by atoms with Gasteiger partial charge in [0.2, 0.25) is 0 Å². The molecule has 0 radical (unpaired) electrons. The Balaban J connectivity index is 1.83. The Morgan fingerprint density at radius 1 is 1.31 bits per heavy atom. The van der Waals surface area contributed by atoms with E-state index in [2.05, 4.69) is 29.6 Å². The molecule has 3 rings (SSSR count). The summed E-state index contributed by atoms with van der Waals surface area (Å²) in [4.78, 5) is 11.0. The van der Waals surface area contributed by atoms with Crippen molar-refractivity contribution in [3.63, 3.8) is 0 Å². The molecule has 1 saturated heterocycles. The van der Waals surface area contributed by atoms with Crippen LogP contribution < -0.4 is 5.32 Å². The van der Waals surface area contributed by atoms with Crippen molar-refractivity contribution in [3.05, 3.63) is 35.4 Å². The van der Waals surface area contributed by atoms with Crippen molar-refractivity contribution >= 4 is 5.97 Å². The van der Waals surface area contributed by atoms with Gasteiger partial charge >= 0.3 is 5.97 Å². The quantitative estimate of drug-likeness (QED) is 0.743. The molecular formula is C13H15NO2. The number of carboxylic acid groups (broad SMARTS) is 1. The maximum atomic E-state index is 11.0. The average molecular weight is 217 g/mol. The van der Waals surface area contributed by atoms with Crippen molar-refractivity contribution in [3.8, 4) is 0 Å². The Hall–Kier alpha value is -1.35. The number of rotatable bonds is 1. The van der Waals surface area contributed by atoms with Crippen LogP contribution in [0, 0.1) is 5.41 Å². The number of hydrogen-bond acceptors (Lipinski definition) is 2. The average Bonchev–Trinajstić information content (AvgIpc) is 2.82. The third kappa shape index (κ3) is 1.43. The van der Waals surface area contributed by atoms with Gasteiger partial charge in [0, 0.05) is 6.54 Å². The molecule has 0 saturated carbocycles. The largest absolute Gasteiger partial charge is 0.480 e. The minimum atomic E-state index is -0.715. The normalized spacial score (nSPS) is 25.9. The van der Waals surface area contributed by atoms with Crippen LogP contribution in [0.2, 0.25) is 0 Å². The molecule has 2 N–H and O–H groups in total. The number of carboxylic acids is 1. The van der Waals surface area contributed by atoms with Crippen molar-refractivity contribution in [1.29, 1.82) is 0 Å². The first-order chi connectivity index (χ1) is 7.69. The third-order valence-corrected chi connectivity index (χ3v) is 3.91. The fourth-order valence-electron chi connectivity index (χ4n) is 3.13. The van der Waals surface area contributed by atoms with Gasteiger partial charge in [-0.05, 0) is 35.8 Å². The van der Waals surface area contributed by atoms with E-state index in [1.54, 1.807) is 0 Å². The van der Waals surface area contributed by atoms with Crippen LogP contribution >= 0.6 is 0 Å². The molecule has 0 bridgehead atoms. The van der Waals surface area contributed by atoms with Gasteiger partial charge in [0.15, 0.2) is 0 Å². The fraction of sp³-hybridized carbons (Fsp3) is 0.462. The van der Waals surface area contributed by atoms with Crippen molar-refractivity contribution in [2.24, 2.45) is 5.41 Å². The monoisotopic (exact) mass is 217 g/mol. The van der Waals surface area contributed by atoms with Crippen LogP contribution in [0.5, 0.6) is 0 Å². The highest BCUT2D eigenvalue weighted by molar-refractivity contribution is 5.74. The van der Waals surface area contributed by atoms with E-state index in [1.807, 2.05) is 0 Å². The molecule has 1 heterocycles. The summed E-state index contributed by atoms with van der Waals surface area (Å²) in [7, 11) is 0. The molecule has 1 fully saturated rings. The first-order valence-electron chi connectivity index (χ1n) is 5.72. The van der Waals surface area contributed by atoms with Gasteiger partial charge in [0.1, 0.15) is 6.04 Å². The Bertz CT molecular complexity index is 416. The lowest BCUT2D eigenvalue weighted by atomic mass is 9.82. The molecule has 1 spiro atoms. The molecule has 0 aromatic heterocycles. The van der Waals surface area contributed by atoms with Gasteiger partial charge in [0.05, 0.1) is 0 Å². The highest BCUT2D eigenvalue weighted by atomic mass is 16.4. The van der Waals surface area contributed by atoms with Crippen LogP contribution in [0.15, 0.2) is 24.3 Å². The molecule has 16 heavy (non-hydrogen) atoms. The Labute approximate surface area is 94.5 Å². The van der Waals surface area contributed by atoms with E-state index in [9.17, 15) is 4.79 Å². The maximum absolute atomic E-state index is 11.0. The second-order valence-electron chi connectivity index (χ2n) is 5.10. The summed E-state index contributed by atoms with van der Waals surface area (Å²) in [5.74, 6) is -0.715. The zero-order chi connectivity index (χ0) is 11.2. The summed E-state index contributed by atoms with van der Waals surface area (Å²) in [6, 6.07) is 8.11. The summed E-state index contributed by atoms with van der Waals surface area (Å²) in [5.41, 5.74) is 2.96. The molecule has 3 heteroatoms. The number of hydrogen-bond donors (Lipinski definition) is 2. The molecule has 1 aliphatic carbocycles. The van der Waals surface area contributed by atoms with Crippen LogP contribution in [0.1, 0.15) is 17.5 Å². The molecule has 1 aliphatic heterocycles. The van der Waals surface area contributed by atoms with Crippen molar-refractivity contribution in [1.82, 2.24) is 5.32 Å². The van der Waals surface area contributed by atoms with E-state index in [0.717, 1.165) is 25.8 Å². The predicted octanol–water partition coefficient (Wildman–Crippen LogP) is 1.22. The standard InChI is InChI=1S/C13H15NO2/c15-12(16)11-7-13(8-14-11)5-9-3-1-2-4-10(9)6-13/h1-4,11,14H,5-8H2,(H,15,16). The molecule has 1 aromatic carbocycles. The molecular weight excluding hydrogens is 202 g/mol. The fourth-order valence-corrected chi connectivity index (χ4v) is 3.13. The second-order valence-corrected chi connectivity index (χ2v) is 5.10. The number of nitrogens with one attached hydrogen (secondary N) is 1. The summed E-state index contributed by atoms with van der Waals surface area (Å²) in [5, 5.41) is 12.1. The maximum Gasteiger partial charge on any atom is 0.320 e. The SMILES string of the molecule is O=C(O)C1CC2(CN1)Cc1ccccc1C2. The van der Waals surface area contributed by atoms with Gasteiger partial charge in [-0.15, -0.1) is 0 Å². The van der Waals surface area contributed by atoms with Crippen LogP contribution in [0.3, 0.4) is 0 Å². The minimum absolute atomic E-state index is 0.159. The summed E-state index contributed by atoms with van der Waals surface area (Å²) < 4.78 is 0. The Morgan fingerprint density at radius 3 is 2.44 bits per heavy atom. The highest BCUT2D eigenvalue weighted by Crippen LogP contribution is 2.42. The van der Waals surface area contributed by atoms with Crippen LogP contribution in [0.25, 0.3) is 0 Å². The lowest BCUT2D eigenvalue weighted by molar-refractivity contribution is -0.139. The van der Waals surface area contributed by atoms with Gasteiger partial charge < -0.3 is 10.4 Å². The van der Waals surface area contributed by atoms with Crippen LogP contribution in [-0.2, 0) is 17.6 Å². The molecule has 1 aromatic rings. The van der Waals surface area contributed by atoms with Gasteiger partial charge in [-0.25, -0.2) is 0 Å². The lowest BCUT2D eigenvalue weighted by Gasteiger charge is -2.20. The van der Waals surface area contributed by atoms with E-state index in [4.69, 9.17) is 5.11 Å². The van der Waals surface area contributed by atoms with Gasteiger partial charge in [-0.2, -0.15) is 0 Å². The zero-order valence-corrected chi connectivity index (χ0v) is 9.07. The number of aliphatic carboxylic acids is 1. The topological polar surface area (TPSA) is 49.3 Å². The summed E-state index contributed by atoms with van der Waals surface area (Å²) in [6.07, 6.45) is 2.82. The van der Waals surface area contributed by atoms with Crippen molar-refractivity contribution in [2.75, 3.05) is 6.54 Å². The van der Waals surface area contributed by atoms with E-state index < -0.39 is 5.97 Å². The first kappa shape index (κ1) is 9.85. The van der Waals surface area contributed by atoms with Crippen molar-refractivity contribution in [2.45, 2.75) is 25.3 Å². The van der Waals surface area contributed by atoms with E-state index in [0.29, 0.717) is 0 Å². The van der Waals surface area contributed by atoms with Crippen LogP contribution in [-0.4, -0.2) is 23.7 Å². The van der Waals surface area contributed by atoms with Gasteiger partial charge in [0.25, 0.3) is 0 Å². The van der Waals surface area contributed by atoms with E-state index >= 15 is 0 Å². The third-order valence-electron chi connectivity index (χ3n) is 3.91. The van der Waals surface area contributed by atoms with Crippen molar-refractivity contribution < 1.29 is 9.90 Å². The smallest absolute Gasteiger partial charge is 0.320 e. The summed E-state index contributed by atoms with van der Waals surface area (Å²) >= 11 is 0. The number of carbonyl (C=O) groups is 1. The van der Waals surface area contributed by atoms with E-state index in [1.165, 1.54) is 11.1 Å². The van der Waals surface area contributed by atoms with E-state index in [-0.39, 0.29) is 11.5 Å². The summed E-state index contributed by atoms with van der Waals surface area (Å²) in [6.45, 7) is 0.832. The first-order valence-corrected chi connectivity index (χ1v) is 5.72. The molecule has 1 atom stereocenters. The van der Waals surface area contributed by atoms with Gasteiger partial charge in [-0.1, -0.05) is 24.3 Å². The molecule has 2 aliphatic rings. The Morgan fingerprint density at radius 2 is 1.94 bits per heavy atom. The molecule has 3 nitrogen and oxygen atoms in total. The number of fused-ring (bicyclic) bond motifs is 1. The predicted molar refractivity (Wildman–Crippen MR) is 60.3 cm³/mol. The lowest BCUT2D eigenvalue weighted by Crippen LogP contribution is -2.30. The molecule has 1 unspecified atom stereocenters. The van der Waals surface area contributed by atoms with Gasteiger partial charge in [-0.3, -0.25) is 4.79 Å². The number of benzene rings is 1.